The Balaban J connectivity index is 2.80. The molecule has 0 radical (unpaired) electrons. The number of amides is 1. The maximum absolute atomic E-state index is 12.7. The number of benzene rings is 1. The number of hydrogen-bond acceptors (Lipinski definition) is 4. The van der Waals surface area contributed by atoms with E-state index in [4.69, 9.17) is 0 Å². The van der Waals surface area contributed by atoms with E-state index in [0.717, 1.165) is 19.3 Å². The molecule has 0 saturated heterocycles. The van der Waals surface area contributed by atoms with E-state index in [0.29, 0.717) is 23.6 Å². The van der Waals surface area contributed by atoms with Crippen molar-refractivity contribution in [1.29, 1.82) is 0 Å². The first kappa shape index (κ1) is 23.0. The van der Waals surface area contributed by atoms with Crippen molar-refractivity contribution in [2.45, 2.75) is 71.9 Å². The Morgan fingerprint density at radius 1 is 1.19 bits per heavy atom. The summed E-state index contributed by atoms with van der Waals surface area (Å²) in [6, 6.07) is 8.33. The van der Waals surface area contributed by atoms with E-state index < -0.39 is 6.04 Å². The number of unbranched alkanes of at least 4 members (excludes halogenated alkanes) is 1. The summed E-state index contributed by atoms with van der Waals surface area (Å²) in [4.78, 5) is 29.6. The van der Waals surface area contributed by atoms with Crippen LogP contribution in [0.25, 0.3) is 0 Å². The van der Waals surface area contributed by atoms with Crippen molar-refractivity contribution in [3.05, 3.63) is 35.9 Å². The lowest BCUT2D eigenvalue weighted by Crippen LogP contribution is -2.43. The van der Waals surface area contributed by atoms with E-state index in [1.807, 2.05) is 32.0 Å². The van der Waals surface area contributed by atoms with E-state index >= 15 is 0 Å². The van der Waals surface area contributed by atoms with Crippen LogP contribution in [0.2, 0.25) is 0 Å². The van der Waals surface area contributed by atoms with Crippen molar-refractivity contribution in [2.75, 3.05) is 6.61 Å². The van der Waals surface area contributed by atoms with Crippen molar-refractivity contribution in [2.24, 2.45) is 10.9 Å². The highest BCUT2D eigenvalue weighted by Crippen LogP contribution is 2.12. The minimum Gasteiger partial charge on any atom is -0.394 e. The largest absolute Gasteiger partial charge is 0.394 e. The highest BCUT2D eigenvalue weighted by molar-refractivity contribution is 6.09. The molecule has 0 fully saturated rings. The summed E-state index contributed by atoms with van der Waals surface area (Å²) >= 11 is 0. The minimum atomic E-state index is -0.538. The average molecular weight is 375 g/mol. The molecular formula is C22H34N2O3. The van der Waals surface area contributed by atoms with Crippen LogP contribution < -0.4 is 5.32 Å². The first-order valence-electron chi connectivity index (χ1n) is 9.90. The SMILES string of the molecule is CCCC[C@@H](CO)NC(=O)[C@H](CC(C)C)N=C(C)CC(=O)c1ccccc1. The summed E-state index contributed by atoms with van der Waals surface area (Å²) in [5, 5.41) is 12.4. The van der Waals surface area contributed by atoms with Crippen LogP contribution >= 0.6 is 0 Å². The Morgan fingerprint density at radius 3 is 2.41 bits per heavy atom. The first-order chi connectivity index (χ1) is 12.9. The van der Waals surface area contributed by atoms with E-state index in [2.05, 4.69) is 17.2 Å². The van der Waals surface area contributed by atoms with Gasteiger partial charge in [0.2, 0.25) is 5.91 Å². The molecule has 1 aromatic rings. The van der Waals surface area contributed by atoms with Gasteiger partial charge in [0, 0.05) is 17.7 Å². The van der Waals surface area contributed by atoms with Crippen LogP contribution in [-0.4, -0.2) is 41.2 Å². The van der Waals surface area contributed by atoms with Crippen LogP contribution in [0.4, 0.5) is 0 Å². The molecule has 5 heteroatoms. The zero-order chi connectivity index (χ0) is 20.2. The van der Waals surface area contributed by atoms with Crippen LogP contribution in [0.1, 0.15) is 70.2 Å². The second-order valence-corrected chi connectivity index (χ2v) is 7.51. The van der Waals surface area contributed by atoms with E-state index in [-0.39, 0.29) is 30.8 Å². The Bertz CT molecular complexity index is 611. The third-order valence-electron chi connectivity index (χ3n) is 4.36. The topological polar surface area (TPSA) is 78.8 Å². The first-order valence-corrected chi connectivity index (χ1v) is 9.90. The molecular weight excluding hydrogens is 340 g/mol. The fourth-order valence-corrected chi connectivity index (χ4v) is 2.89. The molecule has 150 valence electrons. The monoisotopic (exact) mass is 374 g/mol. The van der Waals surface area contributed by atoms with E-state index in [1.165, 1.54) is 0 Å². The number of aliphatic imine (C=N–C) groups is 1. The molecule has 0 heterocycles. The summed E-state index contributed by atoms with van der Waals surface area (Å²) in [6.45, 7) is 7.88. The van der Waals surface area contributed by atoms with Crippen LogP contribution in [0.5, 0.6) is 0 Å². The molecule has 27 heavy (non-hydrogen) atoms. The number of Topliss-reactive ketones (excluding diaryl/α,β-unsaturated/α-hetero) is 1. The average Bonchev–Trinajstić information content (AvgIpc) is 2.64. The highest BCUT2D eigenvalue weighted by Gasteiger charge is 2.22. The number of aliphatic hydroxyl groups excluding tert-OH is 1. The Labute approximate surface area is 163 Å². The lowest BCUT2D eigenvalue weighted by atomic mass is 10.0. The van der Waals surface area contributed by atoms with Crippen molar-refractivity contribution < 1.29 is 14.7 Å². The van der Waals surface area contributed by atoms with Gasteiger partial charge in [-0.05, 0) is 25.7 Å². The number of rotatable bonds is 12. The van der Waals surface area contributed by atoms with Gasteiger partial charge in [0.15, 0.2) is 5.78 Å². The van der Waals surface area contributed by atoms with E-state index in [9.17, 15) is 14.7 Å². The molecule has 1 aromatic carbocycles. The maximum Gasteiger partial charge on any atom is 0.245 e. The Kier molecular flexibility index (Phi) is 10.6. The van der Waals surface area contributed by atoms with Crippen LogP contribution in [0.3, 0.4) is 0 Å². The third-order valence-corrected chi connectivity index (χ3v) is 4.36. The third kappa shape index (κ3) is 8.96. The summed E-state index contributed by atoms with van der Waals surface area (Å²) in [7, 11) is 0. The zero-order valence-corrected chi connectivity index (χ0v) is 17.1. The van der Waals surface area contributed by atoms with Crippen molar-refractivity contribution >= 4 is 17.4 Å². The number of ketones is 1. The van der Waals surface area contributed by atoms with Crippen LogP contribution in [0, 0.1) is 5.92 Å². The molecule has 0 aliphatic carbocycles. The Morgan fingerprint density at radius 2 is 1.85 bits per heavy atom. The van der Waals surface area contributed by atoms with Crippen molar-refractivity contribution in [3.8, 4) is 0 Å². The number of aliphatic hydroxyl groups is 1. The number of carbonyl (C=O) groups excluding carboxylic acids is 2. The second-order valence-electron chi connectivity index (χ2n) is 7.51. The second kappa shape index (κ2) is 12.4. The molecule has 2 N–H and O–H groups in total. The summed E-state index contributed by atoms with van der Waals surface area (Å²) in [5.41, 5.74) is 1.30. The molecule has 0 aliphatic heterocycles. The maximum atomic E-state index is 12.7. The summed E-state index contributed by atoms with van der Waals surface area (Å²) in [5.74, 6) is 0.118. The number of nitrogens with zero attached hydrogens (tertiary/aromatic N) is 1. The summed E-state index contributed by atoms with van der Waals surface area (Å²) < 4.78 is 0. The fraction of sp³-hybridized carbons (Fsp3) is 0.591. The smallest absolute Gasteiger partial charge is 0.245 e. The van der Waals surface area contributed by atoms with Gasteiger partial charge in [-0.3, -0.25) is 14.6 Å². The van der Waals surface area contributed by atoms with Gasteiger partial charge in [0.25, 0.3) is 0 Å². The molecule has 0 aliphatic rings. The zero-order valence-electron chi connectivity index (χ0n) is 17.1. The van der Waals surface area contributed by atoms with Crippen LogP contribution in [-0.2, 0) is 4.79 Å². The quantitative estimate of drug-likeness (QED) is 0.431. The standard InChI is InChI=1S/C22H34N2O3/c1-5-6-12-19(15-25)24-22(27)20(13-16(2)3)23-17(4)14-21(26)18-10-8-7-9-11-18/h7-11,16,19-20,25H,5-6,12-15H2,1-4H3,(H,24,27)/t19-,20-/m0/s1. The number of carbonyl (C=O) groups is 2. The van der Waals surface area contributed by atoms with Gasteiger partial charge in [-0.1, -0.05) is 63.9 Å². The molecule has 0 saturated carbocycles. The normalized spacial score (nSPS) is 14.1. The van der Waals surface area contributed by atoms with Crippen molar-refractivity contribution in [3.63, 3.8) is 0 Å². The predicted molar refractivity (Wildman–Crippen MR) is 110 cm³/mol. The molecule has 2 atom stereocenters. The number of hydrogen-bond donors (Lipinski definition) is 2. The molecule has 5 nitrogen and oxygen atoms in total. The summed E-state index contributed by atoms with van der Waals surface area (Å²) in [6.07, 6.45) is 3.52. The van der Waals surface area contributed by atoms with Gasteiger partial charge in [-0.15, -0.1) is 0 Å². The molecule has 0 spiro atoms. The highest BCUT2D eigenvalue weighted by atomic mass is 16.3. The molecule has 0 bridgehead atoms. The van der Waals surface area contributed by atoms with Gasteiger partial charge in [-0.2, -0.15) is 0 Å². The molecule has 0 aromatic heterocycles. The van der Waals surface area contributed by atoms with Gasteiger partial charge in [0.1, 0.15) is 6.04 Å². The lowest BCUT2D eigenvalue weighted by molar-refractivity contribution is -0.123. The predicted octanol–water partition coefficient (Wildman–Crippen LogP) is 3.80. The van der Waals surface area contributed by atoms with E-state index in [1.54, 1.807) is 19.1 Å². The Hall–Kier alpha value is -2.01. The van der Waals surface area contributed by atoms with Gasteiger partial charge in [-0.25, -0.2) is 0 Å². The van der Waals surface area contributed by atoms with Crippen molar-refractivity contribution in [1.82, 2.24) is 5.32 Å². The van der Waals surface area contributed by atoms with Gasteiger partial charge in [0.05, 0.1) is 12.6 Å². The van der Waals surface area contributed by atoms with Crippen LogP contribution in [0.15, 0.2) is 35.3 Å². The minimum absolute atomic E-state index is 0.00302. The fourth-order valence-electron chi connectivity index (χ4n) is 2.89. The molecule has 1 rings (SSSR count). The number of nitrogens with one attached hydrogen (secondary N) is 1. The van der Waals surface area contributed by atoms with Gasteiger partial charge >= 0.3 is 0 Å². The molecule has 1 amide bonds. The lowest BCUT2D eigenvalue weighted by Gasteiger charge is -2.21. The van der Waals surface area contributed by atoms with Gasteiger partial charge < -0.3 is 10.4 Å². The molecule has 0 unspecified atom stereocenters.